The molecule has 2 N–H and O–H groups in total. The summed E-state index contributed by atoms with van der Waals surface area (Å²) in [5.41, 5.74) is 3.26. The van der Waals surface area contributed by atoms with Gasteiger partial charge in [-0.15, -0.1) is 0 Å². The Morgan fingerprint density at radius 1 is 1.14 bits per heavy atom. The predicted octanol–water partition coefficient (Wildman–Crippen LogP) is 4.16. The van der Waals surface area contributed by atoms with Crippen LogP contribution in [-0.4, -0.2) is 34.9 Å². The van der Waals surface area contributed by atoms with Gasteiger partial charge in [0.1, 0.15) is 0 Å². The highest BCUT2D eigenvalue weighted by Crippen LogP contribution is 2.43. The minimum atomic E-state index is -0.992. The molecule has 1 aliphatic heterocycles. The van der Waals surface area contributed by atoms with Crippen LogP contribution >= 0.6 is 0 Å². The van der Waals surface area contributed by atoms with Gasteiger partial charge in [-0.05, 0) is 32.9 Å². The molecule has 146 valence electrons. The summed E-state index contributed by atoms with van der Waals surface area (Å²) in [5.74, 6) is -0.664. The number of benzene rings is 2. The molecule has 1 aliphatic rings. The number of hydrogen-bond acceptors (Lipinski definition) is 5. The summed E-state index contributed by atoms with van der Waals surface area (Å²) in [5, 5.41) is 2.59. The van der Waals surface area contributed by atoms with E-state index in [1.54, 1.807) is 6.92 Å². The Labute approximate surface area is 163 Å². The van der Waals surface area contributed by atoms with Crippen LogP contribution in [0, 0.1) is 0 Å². The molecule has 7 nitrogen and oxygen atoms in total. The number of imidazole rings is 1. The Bertz CT molecular complexity index is 976. The highest BCUT2D eigenvalue weighted by molar-refractivity contribution is 5.86. The molecular formula is C21H23N3O4. The Morgan fingerprint density at radius 3 is 2.54 bits per heavy atom. The number of aromatic amines is 1. The average molecular weight is 381 g/mol. The van der Waals surface area contributed by atoms with E-state index < -0.39 is 11.9 Å². The van der Waals surface area contributed by atoms with Gasteiger partial charge < -0.3 is 19.2 Å². The number of amides is 1. The van der Waals surface area contributed by atoms with Crippen molar-refractivity contribution in [2.24, 2.45) is 0 Å². The molecular weight excluding hydrogens is 358 g/mol. The number of carbonyl (C=O) groups is 1. The predicted molar refractivity (Wildman–Crippen MR) is 105 cm³/mol. The lowest BCUT2D eigenvalue weighted by Gasteiger charge is -2.29. The maximum absolute atomic E-state index is 11.6. The Hall–Kier alpha value is -2.90. The second-order valence-electron chi connectivity index (χ2n) is 6.79. The molecule has 0 saturated carbocycles. The van der Waals surface area contributed by atoms with Crippen LogP contribution in [0.4, 0.5) is 10.7 Å². The first-order valence-electron chi connectivity index (χ1n) is 9.37. The molecule has 2 heterocycles. The molecule has 2 unspecified atom stereocenters. The molecule has 0 aliphatic carbocycles. The van der Waals surface area contributed by atoms with Gasteiger partial charge in [-0.1, -0.05) is 36.4 Å². The molecule has 1 amide bonds. The number of nitrogens with one attached hydrogen (secondary N) is 2. The van der Waals surface area contributed by atoms with Crippen molar-refractivity contribution in [1.29, 1.82) is 0 Å². The van der Waals surface area contributed by atoms with E-state index in [9.17, 15) is 4.79 Å². The summed E-state index contributed by atoms with van der Waals surface area (Å²) in [6.45, 7) is 6.05. The molecule has 4 rings (SSSR count). The molecule has 7 heteroatoms. The molecule has 28 heavy (non-hydrogen) atoms. The Balaban J connectivity index is 1.74. The van der Waals surface area contributed by atoms with Gasteiger partial charge >= 0.3 is 6.09 Å². The van der Waals surface area contributed by atoms with Crippen molar-refractivity contribution in [3.8, 4) is 0 Å². The molecule has 0 radical (unpaired) electrons. The molecule has 0 bridgehead atoms. The van der Waals surface area contributed by atoms with Crippen LogP contribution in [0.3, 0.4) is 0 Å². The van der Waals surface area contributed by atoms with Crippen molar-refractivity contribution in [2.45, 2.75) is 38.8 Å². The standard InChI is InChI=1S/C21H23N3O4/c1-4-26-20(25)24-19-22-17-11-10-16(12-18(17)23-19)21(15-8-6-5-7-9-15)27-13(2)14(3)28-21/h5-14H,4H2,1-3H3,(H2,22,23,24,25). The highest BCUT2D eigenvalue weighted by Gasteiger charge is 2.47. The van der Waals surface area contributed by atoms with Crippen molar-refractivity contribution in [3.05, 3.63) is 59.7 Å². The van der Waals surface area contributed by atoms with E-state index in [2.05, 4.69) is 15.3 Å². The maximum atomic E-state index is 11.6. The smallest absolute Gasteiger partial charge is 0.413 e. The number of fused-ring (bicyclic) bond motifs is 1. The van der Waals surface area contributed by atoms with E-state index >= 15 is 0 Å². The first-order valence-corrected chi connectivity index (χ1v) is 9.37. The van der Waals surface area contributed by atoms with E-state index in [1.807, 2.05) is 62.4 Å². The summed E-state index contributed by atoms with van der Waals surface area (Å²) < 4.78 is 17.6. The van der Waals surface area contributed by atoms with Crippen LogP contribution in [0.2, 0.25) is 0 Å². The van der Waals surface area contributed by atoms with Gasteiger partial charge in [-0.25, -0.2) is 9.78 Å². The first kappa shape index (κ1) is 18.5. The highest BCUT2D eigenvalue weighted by atomic mass is 16.8. The first-order chi connectivity index (χ1) is 13.5. The Kier molecular flexibility index (Phi) is 4.78. The second kappa shape index (κ2) is 7.26. The van der Waals surface area contributed by atoms with Gasteiger partial charge in [0.2, 0.25) is 11.7 Å². The number of aromatic nitrogens is 2. The van der Waals surface area contributed by atoms with Crippen molar-refractivity contribution in [1.82, 2.24) is 9.97 Å². The maximum Gasteiger partial charge on any atom is 0.413 e. The van der Waals surface area contributed by atoms with Gasteiger partial charge in [0.15, 0.2) is 0 Å². The largest absolute Gasteiger partial charge is 0.450 e. The van der Waals surface area contributed by atoms with Crippen molar-refractivity contribution >= 4 is 23.1 Å². The van der Waals surface area contributed by atoms with Gasteiger partial charge in [0.05, 0.1) is 29.8 Å². The van der Waals surface area contributed by atoms with Crippen LogP contribution in [0.5, 0.6) is 0 Å². The number of nitrogens with zero attached hydrogens (tertiary/aromatic N) is 1. The van der Waals surface area contributed by atoms with Crippen LogP contribution in [-0.2, 0) is 20.0 Å². The van der Waals surface area contributed by atoms with Crippen molar-refractivity contribution in [2.75, 3.05) is 11.9 Å². The fraction of sp³-hybridized carbons (Fsp3) is 0.333. The third-order valence-electron chi connectivity index (χ3n) is 4.88. The van der Waals surface area contributed by atoms with Crippen LogP contribution in [0.1, 0.15) is 31.9 Å². The quantitative estimate of drug-likeness (QED) is 0.709. The van der Waals surface area contributed by atoms with Gasteiger partial charge in [0.25, 0.3) is 0 Å². The second-order valence-corrected chi connectivity index (χ2v) is 6.79. The van der Waals surface area contributed by atoms with E-state index in [0.717, 1.165) is 22.2 Å². The molecule has 2 aromatic carbocycles. The number of H-pyrrole nitrogens is 1. The van der Waals surface area contributed by atoms with E-state index in [4.69, 9.17) is 14.2 Å². The van der Waals surface area contributed by atoms with E-state index in [1.165, 1.54) is 0 Å². The summed E-state index contributed by atoms with van der Waals surface area (Å²) in [6, 6.07) is 15.6. The summed E-state index contributed by atoms with van der Waals surface area (Å²) in [4.78, 5) is 19.1. The monoisotopic (exact) mass is 381 g/mol. The SMILES string of the molecule is CCOC(=O)Nc1nc2ccc(C3(c4ccccc4)OC(C)C(C)O3)cc2[nH]1. The topological polar surface area (TPSA) is 85.5 Å². The normalized spacial score (nSPS) is 24.4. The lowest BCUT2D eigenvalue weighted by Crippen LogP contribution is -2.29. The number of ether oxygens (including phenoxy) is 3. The molecule has 0 spiro atoms. The minimum Gasteiger partial charge on any atom is -0.450 e. The molecule has 1 aromatic heterocycles. The van der Waals surface area contributed by atoms with Gasteiger partial charge in [-0.2, -0.15) is 0 Å². The lowest BCUT2D eigenvalue weighted by molar-refractivity contribution is -0.147. The van der Waals surface area contributed by atoms with Crippen molar-refractivity contribution < 1.29 is 19.0 Å². The summed E-state index contributed by atoms with van der Waals surface area (Å²) >= 11 is 0. The minimum absolute atomic E-state index is 0.0567. The van der Waals surface area contributed by atoms with Gasteiger partial charge in [0, 0.05) is 11.1 Å². The van der Waals surface area contributed by atoms with Crippen molar-refractivity contribution in [3.63, 3.8) is 0 Å². The molecule has 2 atom stereocenters. The fourth-order valence-electron chi connectivity index (χ4n) is 3.38. The van der Waals surface area contributed by atoms with Crippen LogP contribution in [0.25, 0.3) is 11.0 Å². The molecule has 1 fully saturated rings. The summed E-state index contributed by atoms with van der Waals surface area (Å²) in [6.07, 6.45) is -0.662. The summed E-state index contributed by atoms with van der Waals surface area (Å²) in [7, 11) is 0. The number of hydrogen-bond donors (Lipinski definition) is 2. The zero-order valence-corrected chi connectivity index (χ0v) is 16.1. The average Bonchev–Trinajstić information content (AvgIpc) is 3.22. The van der Waals surface area contributed by atoms with Crippen LogP contribution < -0.4 is 5.32 Å². The molecule has 3 aromatic rings. The van der Waals surface area contributed by atoms with E-state index in [-0.39, 0.29) is 12.2 Å². The van der Waals surface area contributed by atoms with E-state index in [0.29, 0.717) is 12.6 Å². The molecule has 1 saturated heterocycles. The number of carbonyl (C=O) groups excluding carboxylic acids is 1. The van der Waals surface area contributed by atoms with Gasteiger partial charge in [-0.3, -0.25) is 5.32 Å². The Morgan fingerprint density at radius 2 is 1.86 bits per heavy atom. The number of rotatable bonds is 4. The lowest BCUT2D eigenvalue weighted by atomic mass is 9.97. The third kappa shape index (κ3) is 3.23. The fourth-order valence-corrected chi connectivity index (χ4v) is 3.38. The third-order valence-corrected chi connectivity index (χ3v) is 4.88. The van der Waals surface area contributed by atoms with Crippen LogP contribution in [0.15, 0.2) is 48.5 Å². The zero-order chi connectivity index (χ0) is 19.7. The number of anilines is 1. The zero-order valence-electron chi connectivity index (χ0n) is 16.1.